The Hall–Kier alpha value is -1.23. The molecule has 84 valence electrons. The van der Waals surface area contributed by atoms with E-state index < -0.39 is 0 Å². The Kier molecular flexibility index (Phi) is 2.81. The number of hydrogen-bond acceptors (Lipinski definition) is 4. The van der Waals surface area contributed by atoms with E-state index in [4.69, 9.17) is 11.5 Å². The summed E-state index contributed by atoms with van der Waals surface area (Å²) in [6.07, 6.45) is 4.02. The van der Waals surface area contributed by atoms with Crippen LogP contribution in [0, 0.1) is 5.92 Å². The largest absolute Gasteiger partial charge is 0.394 e. The Balaban J connectivity index is 2.07. The van der Waals surface area contributed by atoms with Crippen LogP contribution in [0.5, 0.6) is 0 Å². The maximum absolute atomic E-state index is 5.89. The molecule has 1 aliphatic heterocycles. The number of nitrogen functional groups attached to an aromatic ring is 1. The van der Waals surface area contributed by atoms with Gasteiger partial charge in [0.1, 0.15) is 5.82 Å². The maximum Gasteiger partial charge on any atom is 0.150 e. The first-order chi connectivity index (χ1) is 7.22. The molecule has 5 heteroatoms. The minimum Gasteiger partial charge on any atom is -0.394 e. The van der Waals surface area contributed by atoms with Crippen LogP contribution in [0.25, 0.3) is 0 Å². The summed E-state index contributed by atoms with van der Waals surface area (Å²) in [4.78, 5) is 2.30. The summed E-state index contributed by atoms with van der Waals surface area (Å²) in [7, 11) is 1.93. The molecule has 0 radical (unpaired) electrons. The normalized spacial score (nSPS) is 18.4. The SMILES string of the molecule is Cn1ncc(N)c1N1CCC(CN)CC1. The van der Waals surface area contributed by atoms with Crippen LogP contribution in [-0.4, -0.2) is 29.4 Å². The number of aryl methyl sites for hydroxylation is 1. The third-order valence-electron chi connectivity index (χ3n) is 3.18. The van der Waals surface area contributed by atoms with Gasteiger partial charge in [0.2, 0.25) is 0 Å². The number of nitrogens with two attached hydrogens (primary N) is 2. The molecular weight excluding hydrogens is 190 g/mol. The van der Waals surface area contributed by atoms with E-state index in [-0.39, 0.29) is 0 Å². The predicted molar refractivity (Wildman–Crippen MR) is 61.6 cm³/mol. The van der Waals surface area contributed by atoms with Crippen LogP contribution in [0.15, 0.2) is 6.20 Å². The summed E-state index contributed by atoms with van der Waals surface area (Å²) in [5, 5.41) is 4.16. The molecule has 5 nitrogen and oxygen atoms in total. The van der Waals surface area contributed by atoms with Gasteiger partial charge in [-0.3, -0.25) is 4.68 Å². The predicted octanol–water partition coefficient (Wildman–Crippen LogP) is 0.177. The molecule has 4 N–H and O–H groups in total. The second kappa shape index (κ2) is 4.10. The molecule has 15 heavy (non-hydrogen) atoms. The van der Waals surface area contributed by atoms with Crippen LogP contribution in [0.1, 0.15) is 12.8 Å². The van der Waals surface area contributed by atoms with Crippen molar-refractivity contribution in [2.75, 3.05) is 30.3 Å². The van der Waals surface area contributed by atoms with Gasteiger partial charge in [-0.25, -0.2) is 0 Å². The topological polar surface area (TPSA) is 73.1 Å². The van der Waals surface area contributed by atoms with Gasteiger partial charge < -0.3 is 16.4 Å². The molecule has 1 fully saturated rings. The maximum atomic E-state index is 5.89. The average Bonchev–Trinajstić information content (AvgIpc) is 2.59. The Morgan fingerprint density at radius 2 is 2.13 bits per heavy atom. The molecule has 0 amide bonds. The van der Waals surface area contributed by atoms with Crippen molar-refractivity contribution >= 4 is 11.5 Å². The molecule has 1 saturated heterocycles. The van der Waals surface area contributed by atoms with Crippen molar-refractivity contribution < 1.29 is 0 Å². The van der Waals surface area contributed by atoms with Crippen LogP contribution >= 0.6 is 0 Å². The van der Waals surface area contributed by atoms with Gasteiger partial charge in [0.15, 0.2) is 0 Å². The number of piperidine rings is 1. The third kappa shape index (κ3) is 1.92. The second-order valence-electron chi connectivity index (χ2n) is 4.21. The highest BCUT2D eigenvalue weighted by atomic mass is 15.4. The number of anilines is 2. The standard InChI is InChI=1S/C10H19N5/c1-14-10(9(12)7-13-14)15-4-2-8(6-11)3-5-15/h7-8H,2-6,11-12H2,1H3. The lowest BCUT2D eigenvalue weighted by Crippen LogP contribution is -2.37. The van der Waals surface area contributed by atoms with Crippen molar-refractivity contribution in [2.24, 2.45) is 18.7 Å². The number of aromatic nitrogens is 2. The highest BCUT2D eigenvalue weighted by molar-refractivity contribution is 5.62. The Bertz CT molecular complexity index is 305. The first kappa shape index (κ1) is 10.3. The molecular formula is C10H19N5. The van der Waals surface area contributed by atoms with E-state index in [1.807, 2.05) is 11.7 Å². The summed E-state index contributed by atoms with van der Waals surface area (Å²) in [6.45, 7) is 2.87. The van der Waals surface area contributed by atoms with E-state index in [0.29, 0.717) is 5.92 Å². The lowest BCUT2D eigenvalue weighted by atomic mass is 9.97. The Morgan fingerprint density at radius 3 is 2.60 bits per heavy atom. The fourth-order valence-corrected chi connectivity index (χ4v) is 2.22. The quantitative estimate of drug-likeness (QED) is 0.728. The van der Waals surface area contributed by atoms with Crippen molar-refractivity contribution in [1.29, 1.82) is 0 Å². The Morgan fingerprint density at radius 1 is 1.47 bits per heavy atom. The number of rotatable bonds is 2. The van der Waals surface area contributed by atoms with Gasteiger partial charge in [-0.1, -0.05) is 0 Å². The summed E-state index contributed by atoms with van der Waals surface area (Å²) < 4.78 is 1.85. The molecule has 1 aliphatic rings. The van der Waals surface area contributed by atoms with Crippen molar-refractivity contribution in [3.8, 4) is 0 Å². The van der Waals surface area contributed by atoms with E-state index in [2.05, 4.69) is 10.00 Å². The van der Waals surface area contributed by atoms with Crippen LogP contribution < -0.4 is 16.4 Å². The zero-order chi connectivity index (χ0) is 10.8. The molecule has 1 aromatic heterocycles. The summed E-state index contributed by atoms with van der Waals surface area (Å²) in [6, 6.07) is 0. The average molecular weight is 209 g/mol. The molecule has 2 rings (SSSR count). The minimum absolute atomic E-state index is 0.677. The monoisotopic (exact) mass is 209 g/mol. The van der Waals surface area contributed by atoms with E-state index in [1.54, 1.807) is 6.20 Å². The summed E-state index contributed by atoms with van der Waals surface area (Å²) >= 11 is 0. The second-order valence-corrected chi connectivity index (χ2v) is 4.21. The van der Waals surface area contributed by atoms with Gasteiger partial charge in [-0.15, -0.1) is 0 Å². The zero-order valence-corrected chi connectivity index (χ0v) is 9.19. The summed E-state index contributed by atoms with van der Waals surface area (Å²) in [5.41, 5.74) is 12.3. The lowest BCUT2D eigenvalue weighted by Gasteiger charge is -2.33. The van der Waals surface area contributed by atoms with E-state index in [0.717, 1.165) is 44.0 Å². The summed E-state index contributed by atoms with van der Waals surface area (Å²) in [5.74, 6) is 1.72. The first-order valence-electron chi connectivity index (χ1n) is 5.45. The molecule has 2 heterocycles. The molecule has 0 bridgehead atoms. The molecule has 0 aliphatic carbocycles. The van der Waals surface area contributed by atoms with Crippen molar-refractivity contribution in [3.05, 3.63) is 6.20 Å². The van der Waals surface area contributed by atoms with Crippen LogP contribution in [0.3, 0.4) is 0 Å². The van der Waals surface area contributed by atoms with Gasteiger partial charge >= 0.3 is 0 Å². The smallest absolute Gasteiger partial charge is 0.150 e. The fraction of sp³-hybridized carbons (Fsp3) is 0.700. The minimum atomic E-state index is 0.677. The molecule has 0 spiro atoms. The van der Waals surface area contributed by atoms with Crippen LogP contribution in [0.2, 0.25) is 0 Å². The number of hydrogen-bond donors (Lipinski definition) is 2. The molecule has 0 atom stereocenters. The zero-order valence-electron chi connectivity index (χ0n) is 9.19. The van der Waals surface area contributed by atoms with Gasteiger partial charge in [-0.2, -0.15) is 5.10 Å². The van der Waals surface area contributed by atoms with Crippen LogP contribution in [0.4, 0.5) is 11.5 Å². The van der Waals surface area contributed by atoms with Gasteiger partial charge in [0.05, 0.1) is 11.9 Å². The highest BCUT2D eigenvalue weighted by Gasteiger charge is 2.21. The van der Waals surface area contributed by atoms with Gasteiger partial charge in [0, 0.05) is 20.1 Å². The molecule has 0 unspecified atom stereocenters. The van der Waals surface area contributed by atoms with Crippen LogP contribution in [-0.2, 0) is 7.05 Å². The Labute approximate surface area is 90.0 Å². The van der Waals surface area contributed by atoms with E-state index in [9.17, 15) is 0 Å². The van der Waals surface area contributed by atoms with Crippen molar-refractivity contribution in [3.63, 3.8) is 0 Å². The third-order valence-corrected chi connectivity index (χ3v) is 3.18. The molecule has 0 saturated carbocycles. The fourth-order valence-electron chi connectivity index (χ4n) is 2.22. The van der Waals surface area contributed by atoms with Gasteiger partial charge in [-0.05, 0) is 25.3 Å². The molecule has 0 aromatic carbocycles. The van der Waals surface area contributed by atoms with Gasteiger partial charge in [0.25, 0.3) is 0 Å². The van der Waals surface area contributed by atoms with Crippen molar-refractivity contribution in [1.82, 2.24) is 9.78 Å². The highest BCUT2D eigenvalue weighted by Crippen LogP contribution is 2.26. The first-order valence-corrected chi connectivity index (χ1v) is 5.45. The number of nitrogens with zero attached hydrogens (tertiary/aromatic N) is 3. The molecule has 1 aromatic rings. The van der Waals surface area contributed by atoms with E-state index >= 15 is 0 Å². The van der Waals surface area contributed by atoms with E-state index in [1.165, 1.54) is 0 Å². The van der Waals surface area contributed by atoms with Crippen molar-refractivity contribution in [2.45, 2.75) is 12.8 Å². The lowest BCUT2D eigenvalue weighted by molar-refractivity contribution is 0.410.